The molecule has 76 valence electrons. The SMILES string of the molecule is C(=NOCc1ccccc1)c1cn[nH]n1. The number of hydrogen-bond donors (Lipinski definition) is 1. The lowest BCUT2D eigenvalue weighted by Gasteiger charge is -1.97. The molecule has 1 heterocycles. The van der Waals surface area contributed by atoms with Crippen LogP contribution in [0.25, 0.3) is 0 Å². The van der Waals surface area contributed by atoms with E-state index in [9.17, 15) is 0 Å². The molecule has 1 aromatic carbocycles. The van der Waals surface area contributed by atoms with E-state index in [0.717, 1.165) is 5.56 Å². The second-order valence-corrected chi connectivity index (χ2v) is 2.89. The first-order chi connectivity index (χ1) is 7.45. The van der Waals surface area contributed by atoms with E-state index in [1.807, 2.05) is 30.3 Å². The molecule has 0 fully saturated rings. The van der Waals surface area contributed by atoms with Gasteiger partial charge in [0.25, 0.3) is 0 Å². The largest absolute Gasteiger partial charge is 0.391 e. The Balaban J connectivity index is 1.80. The fraction of sp³-hybridized carbons (Fsp3) is 0.100. The number of nitrogens with zero attached hydrogens (tertiary/aromatic N) is 3. The van der Waals surface area contributed by atoms with Crippen LogP contribution in [0.1, 0.15) is 11.3 Å². The van der Waals surface area contributed by atoms with Crippen molar-refractivity contribution in [3.8, 4) is 0 Å². The summed E-state index contributed by atoms with van der Waals surface area (Å²) >= 11 is 0. The topological polar surface area (TPSA) is 63.2 Å². The Hall–Kier alpha value is -2.17. The van der Waals surface area contributed by atoms with Crippen LogP contribution in [0.2, 0.25) is 0 Å². The molecule has 0 atom stereocenters. The maximum absolute atomic E-state index is 5.08. The van der Waals surface area contributed by atoms with Crippen molar-refractivity contribution >= 4 is 6.21 Å². The summed E-state index contributed by atoms with van der Waals surface area (Å²) in [7, 11) is 0. The Morgan fingerprint density at radius 1 is 1.33 bits per heavy atom. The summed E-state index contributed by atoms with van der Waals surface area (Å²) in [5, 5.41) is 13.7. The van der Waals surface area contributed by atoms with E-state index in [1.165, 1.54) is 6.21 Å². The van der Waals surface area contributed by atoms with Crippen molar-refractivity contribution in [3.63, 3.8) is 0 Å². The molecule has 0 saturated carbocycles. The monoisotopic (exact) mass is 202 g/mol. The van der Waals surface area contributed by atoms with E-state index < -0.39 is 0 Å². The van der Waals surface area contributed by atoms with Gasteiger partial charge in [0.15, 0.2) is 0 Å². The Morgan fingerprint density at radius 3 is 2.93 bits per heavy atom. The number of aromatic amines is 1. The summed E-state index contributed by atoms with van der Waals surface area (Å²) in [4.78, 5) is 5.08. The van der Waals surface area contributed by atoms with Gasteiger partial charge in [-0.1, -0.05) is 35.5 Å². The summed E-state index contributed by atoms with van der Waals surface area (Å²) in [6, 6.07) is 9.83. The highest BCUT2D eigenvalue weighted by atomic mass is 16.6. The molecule has 0 bridgehead atoms. The molecule has 0 aliphatic heterocycles. The van der Waals surface area contributed by atoms with E-state index in [0.29, 0.717) is 12.3 Å². The third-order valence-electron chi connectivity index (χ3n) is 1.77. The number of nitrogens with one attached hydrogen (secondary N) is 1. The second-order valence-electron chi connectivity index (χ2n) is 2.89. The number of rotatable bonds is 4. The molecule has 0 amide bonds. The zero-order valence-corrected chi connectivity index (χ0v) is 8.00. The molecule has 15 heavy (non-hydrogen) atoms. The fourth-order valence-electron chi connectivity index (χ4n) is 1.05. The van der Waals surface area contributed by atoms with Crippen LogP contribution >= 0.6 is 0 Å². The molecule has 5 nitrogen and oxygen atoms in total. The predicted octanol–water partition coefficient (Wildman–Crippen LogP) is 1.36. The number of hydrogen-bond acceptors (Lipinski definition) is 4. The van der Waals surface area contributed by atoms with Crippen LogP contribution in [-0.4, -0.2) is 21.6 Å². The molecule has 0 spiro atoms. The van der Waals surface area contributed by atoms with Crippen LogP contribution in [0.4, 0.5) is 0 Å². The van der Waals surface area contributed by atoms with E-state index >= 15 is 0 Å². The van der Waals surface area contributed by atoms with Gasteiger partial charge in [0.2, 0.25) is 0 Å². The highest BCUT2D eigenvalue weighted by Gasteiger charge is 1.91. The molecule has 0 radical (unpaired) electrons. The fourth-order valence-corrected chi connectivity index (χ4v) is 1.05. The van der Waals surface area contributed by atoms with Crippen molar-refractivity contribution in [2.45, 2.75) is 6.61 Å². The molecule has 2 rings (SSSR count). The van der Waals surface area contributed by atoms with E-state index in [-0.39, 0.29) is 0 Å². The zero-order valence-electron chi connectivity index (χ0n) is 8.00. The number of benzene rings is 1. The van der Waals surface area contributed by atoms with Gasteiger partial charge < -0.3 is 4.84 Å². The molecule has 1 aromatic heterocycles. The van der Waals surface area contributed by atoms with Crippen LogP contribution < -0.4 is 0 Å². The molecule has 1 N–H and O–H groups in total. The van der Waals surface area contributed by atoms with E-state index in [4.69, 9.17) is 4.84 Å². The van der Waals surface area contributed by atoms with Crippen LogP contribution in [-0.2, 0) is 11.4 Å². The molecule has 0 unspecified atom stereocenters. The minimum absolute atomic E-state index is 0.454. The summed E-state index contributed by atoms with van der Waals surface area (Å²) in [5.74, 6) is 0. The first-order valence-corrected chi connectivity index (χ1v) is 4.50. The summed E-state index contributed by atoms with van der Waals surface area (Å²) < 4.78 is 0. The minimum Gasteiger partial charge on any atom is -0.391 e. The first kappa shape index (κ1) is 9.39. The zero-order chi connectivity index (χ0) is 10.3. The molecule has 0 aliphatic carbocycles. The van der Waals surface area contributed by atoms with Crippen LogP contribution in [0.15, 0.2) is 41.7 Å². The normalized spacial score (nSPS) is 10.7. The number of aromatic nitrogens is 3. The number of H-pyrrole nitrogens is 1. The molecule has 0 aliphatic rings. The van der Waals surface area contributed by atoms with Gasteiger partial charge in [0.1, 0.15) is 12.3 Å². The standard InChI is InChI=1S/C10H10N4O/c1-2-4-9(5-3-1)8-15-12-7-10-6-11-14-13-10/h1-7H,8H2,(H,11,13,14). The van der Waals surface area contributed by atoms with Crippen molar-refractivity contribution in [1.29, 1.82) is 0 Å². The smallest absolute Gasteiger partial charge is 0.142 e. The van der Waals surface area contributed by atoms with Gasteiger partial charge in [0.05, 0.1) is 12.4 Å². The Kier molecular flexibility index (Phi) is 3.07. The summed E-state index contributed by atoms with van der Waals surface area (Å²) in [6.45, 7) is 0.454. The lowest BCUT2D eigenvalue weighted by Crippen LogP contribution is -1.87. The maximum atomic E-state index is 5.08. The highest BCUT2D eigenvalue weighted by molar-refractivity contribution is 5.75. The molecular weight excluding hydrogens is 192 g/mol. The van der Waals surface area contributed by atoms with Gasteiger partial charge >= 0.3 is 0 Å². The van der Waals surface area contributed by atoms with Gasteiger partial charge in [-0.15, -0.1) is 0 Å². The lowest BCUT2D eigenvalue weighted by atomic mass is 10.2. The third kappa shape index (κ3) is 2.91. The van der Waals surface area contributed by atoms with Crippen LogP contribution in [0, 0.1) is 0 Å². The maximum Gasteiger partial charge on any atom is 0.142 e. The summed E-state index contributed by atoms with van der Waals surface area (Å²) in [6.07, 6.45) is 3.07. The Morgan fingerprint density at radius 2 is 2.20 bits per heavy atom. The van der Waals surface area contributed by atoms with Crippen molar-refractivity contribution in [2.24, 2.45) is 5.16 Å². The molecular formula is C10H10N4O. The lowest BCUT2D eigenvalue weighted by molar-refractivity contribution is 0.132. The van der Waals surface area contributed by atoms with E-state index in [2.05, 4.69) is 20.6 Å². The summed E-state index contributed by atoms with van der Waals surface area (Å²) in [5.41, 5.74) is 1.72. The highest BCUT2D eigenvalue weighted by Crippen LogP contribution is 2.00. The van der Waals surface area contributed by atoms with Gasteiger partial charge in [-0.05, 0) is 5.56 Å². The van der Waals surface area contributed by atoms with Gasteiger partial charge in [-0.3, -0.25) is 0 Å². The minimum atomic E-state index is 0.454. The average Bonchev–Trinajstić information content (AvgIpc) is 2.79. The Labute approximate surface area is 86.8 Å². The molecule has 0 saturated heterocycles. The second kappa shape index (κ2) is 4.90. The van der Waals surface area contributed by atoms with E-state index in [1.54, 1.807) is 6.20 Å². The Bertz CT molecular complexity index is 410. The van der Waals surface area contributed by atoms with Gasteiger partial charge in [-0.2, -0.15) is 15.4 Å². The quantitative estimate of drug-likeness (QED) is 0.601. The predicted molar refractivity (Wildman–Crippen MR) is 55.2 cm³/mol. The van der Waals surface area contributed by atoms with Crippen molar-refractivity contribution < 1.29 is 4.84 Å². The van der Waals surface area contributed by atoms with Crippen molar-refractivity contribution in [2.75, 3.05) is 0 Å². The average molecular weight is 202 g/mol. The third-order valence-corrected chi connectivity index (χ3v) is 1.77. The number of oxime groups is 1. The molecule has 5 heteroatoms. The van der Waals surface area contributed by atoms with Crippen LogP contribution in [0.3, 0.4) is 0 Å². The van der Waals surface area contributed by atoms with Crippen LogP contribution in [0.5, 0.6) is 0 Å². The molecule has 2 aromatic rings. The van der Waals surface area contributed by atoms with Crippen molar-refractivity contribution in [1.82, 2.24) is 15.4 Å². The van der Waals surface area contributed by atoms with Gasteiger partial charge in [-0.25, -0.2) is 0 Å². The van der Waals surface area contributed by atoms with Gasteiger partial charge in [0, 0.05) is 0 Å². The first-order valence-electron chi connectivity index (χ1n) is 4.50. The van der Waals surface area contributed by atoms with Crippen molar-refractivity contribution in [3.05, 3.63) is 47.8 Å².